The molecular weight excluding hydrogens is 300 g/mol. The number of fused-ring (bicyclic) bond motifs is 1. The molecule has 3 rings (SSSR count). The van der Waals surface area contributed by atoms with Crippen molar-refractivity contribution in [2.45, 2.75) is 25.5 Å². The first-order valence-corrected chi connectivity index (χ1v) is 8.33. The first-order chi connectivity index (χ1) is 10.8. The lowest BCUT2D eigenvalue weighted by Crippen LogP contribution is -2.38. The molecule has 1 fully saturated rings. The molecule has 120 valence electrons. The minimum atomic E-state index is 0.116. The Hall–Kier alpha value is -1.07. The Bertz CT molecular complexity index is 606. The largest absolute Gasteiger partial charge is 0.394 e. The smallest absolute Gasteiger partial charge is 0.0701 e. The topological polar surface area (TPSA) is 37.6 Å². The van der Waals surface area contributed by atoms with Crippen LogP contribution in [0.1, 0.15) is 12.8 Å². The normalized spacial score (nSPS) is 17.4. The molecule has 1 aliphatic rings. The van der Waals surface area contributed by atoms with Crippen LogP contribution in [-0.4, -0.2) is 53.5 Å². The van der Waals surface area contributed by atoms with Gasteiger partial charge in [0.1, 0.15) is 0 Å². The molecular formula is C17H23ClN2O2. The van der Waals surface area contributed by atoms with Crippen molar-refractivity contribution in [2.24, 2.45) is 0 Å². The molecule has 2 heterocycles. The SMILES string of the molecule is OCCOC1CCN(CCn2ccc3cc(Cl)ccc32)CC1. The average molecular weight is 323 g/mol. The van der Waals surface area contributed by atoms with Crippen molar-refractivity contribution in [2.75, 3.05) is 32.8 Å². The zero-order chi connectivity index (χ0) is 15.4. The third-order valence-corrected chi connectivity index (χ3v) is 4.60. The quantitative estimate of drug-likeness (QED) is 0.888. The lowest BCUT2D eigenvalue weighted by atomic mass is 10.1. The maximum Gasteiger partial charge on any atom is 0.0701 e. The van der Waals surface area contributed by atoms with Crippen molar-refractivity contribution in [1.82, 2.24) is 9.47 Å². The standard InChI is InChI=1S/C17H23ClN2O2/c18-15-1-2-17-14(13-15)3-8-20(17)10-9-19-6-4-16(5-7-19)22-12-11-21/h1-3,8,13,16,21H,4-7,9-12H2. The summed E-state index contributed by atoms with van der Waals surface area (Å²) in [5, 5.41) is 10.8. The van der Waals surface area contributed by atoms with Crippen molar-refractivity contribution in [3.63, 3.8) is 0 Å². The number of likely N-dealkylation sites (tertiary alicyclic amines) is 1. The van der Waals surface area contributed by atoms with Gasteiger partial charge in [-0.2, -0.15) is 0 Å². The molecule has 1 saturated heterocycles. The number of hydrogen-bond donors (Lipinski definition) is 1. The van der Waals surface area contributed by atoms with Gasteiger partial charge in [-0.25, -0.2) is 0 Å². The summed E-state index contributed by atoms with van der Waals surface area (Å²) in [6.07, 6.45) is 4.57. The van der Waals surface area contributed by atoms with E-state index in [1.54, 1.807) is 0 Å². The summed E-state index contributed by atoms with van der Waals surface area (Å²) >= 11 is 6.03. The van der Waals surface area contributed by atoms with E-state index < -0.39 is 0 Å². The highest BCUT2D eigenvalue weighted by molar-refractivity contribution is 6.31. The number of rotatable bonds is 6. The van der Waals surface area contributed by atoms with Gasteiger partial charge in [0.25, 0.3) is 0 Å². The molecule has 2 aromatic rings. The first-order valence-electron chi connectivity index (χ1n) is 7.95. The molecule has 1 aliphatic heterocycles. The lowest BCUT2D eigenvalue weighted by Gasteiger charge is -2.31. The summed E-state index contributed by atoms with van der Waals surface area (Å²) < 4.78 is 7.90. The van der Waals surface area contributed by atoms with Gasteiger partial charge in [-0.3, -0.25) is 0 Å². The van der Waals surface area contributed by atoms with E-state index in [1.807, 2.05) is 12.1 Å². The summed E-state index contributed by atoms with van der Waals surface area (Å²) in [7, 11) is 0. The maximum atomic E-state index is 8.80. The van der Waals surface area contributed by atoms with E-state index in [9.17, 15) is 0 Å². The molecule has 1 aromatic carbocycles. The van der Waals surface area contributed by atoms with Crippen LogP contribution in [0.3, 0.4) is 0 Å². The lowest BCUT2D eigenvalue weighted by molar-refractivity contribution is -0.00806. The molecule has 0 radical (unpaired) electrons. The van der Waals surface area contributed by atoms with Gasteiger partial charge < -0.3 is 19.3 Å². The third kappa shape index (κ3) is 3.82. The molecule has 0 saturated carbocycles. The van der Waals surface area contributed by atoms with Crippen molar-refractivity contribution < 1.29 is 9.84 Å². The molecule has 0 bridgehead atoms. The van der Waals surface area contributed by atoms with Crippen LogP contribution in [0.4, 0.5) is 0 Å². The zero-order valence-corrected chi connectivity index (χ0v) is 13.5. The molecule has 4 nitrogen and oxygen atoms in total. The summed E-state index contributed by atoms with van der Waals surface area (Å²) in [6, 6.07) is 8.17. The van der Waals surface area contributed by atoms with E-state index in [4.69, 9.17) is 21.4 Å². The fraction of sp³-hybridized carbons (Fsp3) is 0.529. The van der Waals surface area contributed by atoms with Gasteiger partial charge in [0.15, 0.2) is 0 Å². The Balaban J connectivity index is 1.50. The van der Waals surface area contributed by atoms with Crippen LogP contribution in [0.2, 0.25) is 5.02 Å². The number of hydrogen-bond acceptors (Lipinski definition) is 3. The fourth-order valence-corrected chi connectivity index (χ4v) is 3.31. The number of aliphatic hydroxyl groups is 1. The average Bonchev–Trinajstić information content (AvgIpc) is 2.94. The van der Waals surface area contributed by atoms with Crippen molar-refractivity contribution >= 4 is 22.5 Å². The highest BCUT2D eigenvalue weighted by atomic mass is 35.5. The summed E-state index contributed by atoms with van der Waals surface area (Å²) in [4.78, 5) is 2.49. The van der Waals surface area contributed by atoms with Crippen molar-refractivity contribution in [1.29, 1.82) is 0 Å². The molecule has 5 heteroatoms. The maximum absolute atomic E-state index is 8.80. The Labute approximate surface area is 136 Å². The van der Waals surface area contributed by atoms with E-state index in [0.717, 1.165) is 44.0 Å². The van der Waals surface area contributed by atoms with Gasteiger partial charge in [0, 0.05) is 48.3 Å². The third-order valence-electron chi connectivity index (χ3n) is 4.37. The summed E-state index contributed by atoms with van der Waals surface area (Å²) in [6.45, 7) is 4.77. The Morgan fingerprint density at radius 2 is 2.00 bits per heavy atom. The molecule has 0 amide bonds. The first kappa shape index (κ1) is 15.8. The van der Waals surface area contributed by atoms with Crippen LogP contribution < -0.4 is 0 Å². The van der Waals surface area contributed by atoms with E-state index in [-0.39, 0.29) is 6.61 Å². The van der Waals surface area contributed by atoms with Crippen LogP contribution in [0.25, 0.3) is 10.9 Å². The van der Waals surface area contributed by atoms with Gasteiger partial charge in [-0.15, -0.1) is 0 Å². The predicted molar refractivity (Wildman–Crippen MR) is 89.4 cm³/mol. The second-order valence-electron chi connectivity index (χ2n) is 5.85. The number of ether oxygens (including phenoxy) is 1. The van der Waals surface area contributed by atoms with E-state index in [2.05, 4.69) is 27.8 Å². The fourth-order valence-electron chi connectivity index (χ4n) is 3.13. The van der Waals surface area contributed by atoms with E-state index in [1.165, 1.54) is 10.9 Å². The van der Waals surface area contributed by atoms with E-state index >= 15 is 0 Å². The van der Waals surface area contributed by atoms with Gasteiger partial charge in [-0.1, -0.05) is 11.6 Å². The van der Waals surface area contributed by atoms with Gasteiger partial charge >= 0.3 is 0 Å². The van der Waals surface area contributed by atoms with Crippen LogP contribution in [0.15, 0.2) is 30.5 Å². The van der Waals surface area contributed by atoms with Crippen molar-refractivity contribution in [3.05, 3.63) is 35.5 Å². The molecule has 0 spiro atoms. The molecule has 1 aromatic heterocycles. The minimum Gasteiger partial charge on any atom is -0.394 e. The van der Waals surface area contributed by atoms with Crippen LogP contribution in [-0.2, 0) is 11.3 Å². The summed E-state index contributed by atoms with van der Waals surface area (Å²) in [5.41, 5.74) is 1.24. The molecule has 22 heavy (non-hydrogen) atoms. The zero-order valence-electron chi connectivity index (χ0n) is 12.7. The molecule has 0 unspecified atom stereocenters. The van der Waals surface area contributed by atoms with Gasteiger partial charge in [0.2, 0.25) is 0 Å². The van der Waals surface area contributed by atoms with Crippen LogP contribution in [0, 0.1) is 0 Å². The van der Waals surface area contributed by atoms with Gasteiger partial charge in [0.05, 0.1) is 19.3 Å². The van der Waals surface area contributed by atoms with Gasteiger partial charge in [-0.05, 0) is 37.1 Å². The number of nitrogens with zero attached hydrogens (tertiary/aromatic N) is 2. The van der Waals surface area contributed by atoms with E-state index in [0.29, 0.717) is 12.7 Å². The number of halogens is 1. The Morgan fingerprint density at radius 1 is 1.18 bits per heavy atom. The van der Waals surface area contributed by atoms with Crippen LogP contribution in [0.5, 0.6) is 0 Å². The number of aliphatic hydroxyl groups excluding tert-OH is 1. The predicted octanol–water partition coefficient (Wildman–Crippen LogP) is 2.77. The second-order valence-corrected chi connectivity index (χ2v) is 6.28. The monoisotopic (exact) mass is 322 g/mol. The minimum absolute atomic E-state index is 0.116. The molecule has 0 aliphatic carbocycles. The molecule has 0 atom stereocenters. The second kappa shape index (κ2) is 7.47. The number of benzene rings is 1. The summed E-state index contributed by atoms with van der Waals surface area (Å²) in [5.74, 6) is 0. The Morgan fingerprint density at radius 3 is 2.77 bits per heavy atom. The highest BCUT2D eigenvalue weighted by Crippen LogP contribution is 2.21. The number of piperidine rings is 1. The Kier molecular flexibility index (Phi) is 5.37. The highest BCUT2D eigenvalue weighted by Gasteiger charge is 2.19. The van der Waals surface area contributed by atoms with Crippen LogP contribution >= 0.6 is 11.6 Å². The number of aromatic nitrogens is 1. The molecule has 1 N–H and O–H groups in total. The van der Waals surface area contributed by atoms with Crippen molar-refractivity contribution in [3.8, 4) is 0 Å².